The van der Waals surface area contributed by atoms with Crippen LogP contribution in [0.25, 0.3) is 10.9 Å². The molecule has 2 aromatic carbocycles. The maximum atomic E-state index is 13.3. The molecule has 2 N–H and O–H groups in total. The first kappa shape index (κ1) is 18.0. The molecule has 0 bridgehead atoms. The molecule has 0 spiro atoms. The SMILES string of the molecule is Cc1ccc(S(=O)(=O)n2cc([C@@H]3C=C(CO)CCN3)c3ccccc32)cc1. The second kappa shape index (κ2) is 6.96. The lowest BCUT2D eigenvalue weighted by Crippen LogP contribution is -2.26. The number of nitrogens with zero attached hydrogens (tertiary/aromatic N) is 1. The summed E-state index contributed by atoms with van der Waals surface area (Å²) < 4.78 is 27.9. The Hall–Kier alpha value is -2.41. The fraction of sp³-hybridized carbons (Fsp3) is 0.238. The number of hydrogen-bond acceptors (Lipinski definition) is 4. The van der Waals surface area contributed by atoms with E-state index in [4.69, 9.17) is 0 Å². The molecule has 0 saturated heterocycles. The van der Waals surface area contributed by atoms with E-state index >= 15 is 0 Å². The van der Waals surface area contributed by atoms with Crippen molar-refractivity contribution in [3.8, 4) is 0 Å². The molecule has 1 aromatic heterocycles. The molecule has 27 heavy (non-hydrogen) atoms. The minimum Gasteiger partial charge on any atom is -0.392 e. The number of nitrogens with one attached hydrogen (secondary N) is 1. The van der Waals surface area contributed by atoms with Gasteiger partial charge in [-0.05, 0) is 49.2 Å². The minimum atomic E-state index is -3.70. The fourth-order valence-electron chi connectivity index (χ4n) is 3.54. The van der Waals surface area contributed by atoms with Crippen LogP contribution in [0, 0.1) is 6.92 Å². The molecule has 0 unspecified atom stereocenters. The zero-order chi connectivity index (χ0) is 19.0. The molecule has 0 amide bonds. The average Bonchev–Trinajstić information content (AvgIpc) is 3.09. The molecule has 2 heterocycles. The van der Waals surface area contributed by atoms with E-state index in [1.807, 2.05) is 37.3 Å². The van der Waals surface area contributed by atoms with Crippen LogP contribution in [0.15, 0.2) is 71.3 Å². The van der Waals surface area contributed by atoms with Gasteiger partial charge in [-0.3, -0.25) is 0 Å². The second-order valence-corrected chi connectivity index (χ2v) is 8.70. The van der Waals surface area contributed by atoms with Crippen LogP contribution in [0.1, 0.15) is 23.6 Å². The maximum Gasteiger partial charge on any atom is 0.268 e. The molecular formula is C21H22N2O3S. The largest absolute Gasteiger partial charge is 0.392 e. The highest BCUT2D eigenvalue weighted by Crippen LogP contribution is 2.32. The molecule has 3 aromatic rings. The predicted molar refractivity (Wildman–Crippen MR) is 106 cm³/mol. The summed E-state index contributed by atoms with van der Waals surface area (Å²) in [6.45, 7) is 2.71. The van der Waals surface area contributed by atoms with Gasteiger partial charge in [-0.2, -0.15) is 0 Å². The van der Waals surface area contributed by atoms with Gasteiger partial charge in [0.25, 0.3) is 10.0 Å². The Kier molecular flexibility index (Phi) is 4.63. The molecule has 140 valence electrons. The molecule has 0 saturated carbocycles. The zero-order valence-electron chi connectivity index (χ0n) is 15.1. The summed E-state index contributed by atoms with van der Waals surface area (Å²) in [6.07, 6.45) is 4.50. The summed E-state index contributed by atoms with van der Waals surface area (Å²) in [4.78, 5) is 0.267. The molecular weight excluding hydrogens is 360 g/mol. The third kappa shape index (κ3) is 3.20. The van der Waals surface area contributed by atoms with Crippen molar-refractivity contribution in [2.24, 2.45) is 0 Å². The Morgan fingerprint density at radius 3 is 2.63 bits per heavy atom. The third-order valence-electron chi connectivity index (χ3n) is 5.04. The Morgan fingerprint density at radius 2 is 1.89 bits per heavy atom. The highest BCUT2D eigenvalue weighted by Gasteiger charge is 2.24. The van der Waals surface area contributed by atoms with E-state index in [1.54, 1.807) is 30.5 Å². The van der Waals surface area contributed by atoms with E-state index < -0.39 is 10.0 Å². The fourth-order valence-corrected chi connectivity index (χ4v) is 4.92. The summed E-state index contributed by atoms with van der Waals surface area (Å²) in [5.41, 5.74) is 3.53. The van der Waals surface area contributed by atoms with Crippen LogP contribution in [-0.4, -0.2) is 30.6 Å². The van der Waals surface area contributed by atoms with Gasteiger partial charge in [0.2, 0.25) is 0 Å². The monoisotopic (exact) mass is 382 g/mol. The van der Waals surface area contributed by atoms with Crippen LogP contribution in [0.2, 0.25) is 0 Å². The van der Waals surface area contributed by atoms with Gasteiger partial charge in [0.15, 0.2) is 0 Å². The molecule has 6 heteroatoms. The van der Waals surface area contributed by atoms with Gasteiger partial charge in [0.05, 0.1) is 23.1 Å². The first-order valence-corrected chi connectivity index (χ1v) is 10.4. The van der Waals surface area contributed by atoms with Gasteiger partial charge in [0, 0.05) is 11.6 Å². The molecule has 0 radical (unpaired) electrons. The van der Waals surface area contributed by atoms with Crippen molar-refractivity contribution in [2.75, 3.05) is 13.2 Å². The average molecular weight is 382 g/mol. The number of aromatic nitrogens is 1. The molecule has 4 rings (SSSR count). The van der Waals surface area contributed by atoms with Crippen molar-refractivity contribution in [3.05, 3.63) is 77.5 Å². The zero-order valence-corrected chi connectivity index (χ0v) is 15.9. The lowest BCUT2D eigenvalue weighted by Gasteiger charge is -2.21. The van der Waals surface area contributed by atoms with Crippen LogP contribution < -0.4 is 5.32 Å². The number of aliphatic hydroxyl groups is 1. The van der Waals surface area contributed by atoms with Crippen LogP contribution >= 0.6 is 0 Å². The first-order valence-electron chi connectivity index (χ1n) is 8.97. The minimum absolute atomic E-state index is 0.0263. The van der Waals surface area contributed by atoms with Gasteiger partial charge < -0.3 is 10.4 Å². The van der Waals surface area contributed by atoms with Crippen molar-refractivity contribution in [1.29, 1.82) is 0 Å². The highest BCUT2D eigenvalue weighted by atomic mass is 32.2. The Bertz CT molecular complexity index is 1110. The highest BCUT2D eigenvalue weighted by molar-refractivity contribution is 7.90. The normalized spacial score (nSPS) is 17.9. The Balaban J connectivity index is 1.89. The first-order chi connectivity index (χ1) is 13.0. The number of benzene rings is 2. The van der Waals surface area contributed by atoms with Crippen LogP contribution in [0.4, 0.5) is 0 Å². The van der Waals surface area contributed by atoms with Crippen molar-refractivity contribution < 1.29 is 13.5 Å². The van der Waals surface area contributed by atoms with Crippen molar-refractivity contribution in [1.82, 2.24) is 9.29 Å². The molecule has 1 aliphatic rings. The van der Waals surface area contributed by atoms with E-state index in [1.165, 1.54) is 3.97 Å². The molecule has 1 atom stereocenters. The van der Waals surface area contributed by atoms with Gasteiger partial charge in [0.1, 0.15) is 0 Å². The van der Waals surface area contributed by atoms with Gasteiger partial charge in [-0.25, -0.2) is 12.4 Å². The number of rotatable bonds is 4. The summed E-state index contributed by atoms with van der Waals surface area (Å²) in [6, 6.07) is 14.3. The molecule has 0 aliphatic carbocycles. The quantitative estimate of drug-likeness (QED) is 0.680. The summed E-state index contributed by atoms with van der Waals surface area (Å²) in [7, 11) is -3.70. The lowest BCUT2D eigenvalue weighted by atomic mass is 9.98. The number of hydrogen-bond donors (Lipinski definition) is 2. The molecule has 0 fully saturated rings. The summed E-state index contributed by atoms with van der Waals surface area (Å²) >= 11 is 0. The van der Waals surface area contributed by atoms with Gasteiger partial charge in [-0.1, -0.05) is 42.0 Å². The van der Waals surface area contributed by atoms with E-state index in [0.29, 0.717) is 5.52 Å². The second-order valence-electron chi connectivity index (χ2n) is 6.88. The standard InChI is InChI=1S/C21H22N2O3S/c1-15-6-8-17(9-7-15)27(25,26)23-13-19(18-4-2-3-5-21(18)23)20-12-16(14-24)10-11-22-20/h2-9,12-13,20,22,24H,10-11,14H2,1H3/t20-/m0/s1. The van der Waals surface area contributed by atoms with Gasteiger partial charge >= 0.3 is 0 Å². The smallest absolute Gasteiger partial charge is 0.268 e. The summed E-state index contributed by atoms with van der Waals surface area (Å²) in [5.74, 6) is 0. The van der Waals surface area contributed by atoms with E-state index in [9.17, 15) is 13.5 Å². The third-order valence-corrected chi connectivity index (χ3v) is 6.73. The number of aliphatic hydroxyl groups excluding tert-OH is 1. The lowest BCUT2D eigenvalue weighted by molar-refractivity contribution is 0.321. The van der Waals surface area contributed by atoms with E-state index in [2.05, 4.69) is 5.32 Å². The number of aryl methyl sites for hydroxylation is 1. The van der Waals surface area contributed by atoms with E-state index in [0.717, 1.165) is 35.1 Å². The topological polar surface area (TPSA) is 71.3 Å². The predicted octanol–water partition coefficient (Wildman–Crippen LogP) is 3.14. The number of fused-ring (bicyclic) bond motifs is 1. The maximum absolute atomic E-state index is 13.3. The molecule has 5 nitrogen and oxygen atoms in total. The molecule has 1 aliphatic heterocycles. The van der Waals surface area contributed by atoms with Crippen molar-refractivity contribution in [2.45, 2.75) is 24.3 Å². The van der Waals surface area contributed by atoms with Crippen LogP contribution in [-0.2, 0) is 10.0 Å². The van der Waals surface area contributed by atoms with Gasteiger partial charge in [-0.15, -0.1) is 0 Å². The van der Waals surface area contributed by atoms with E-state index in [-0.39, 0.29) is 17.5 Å². The van der Waals surface area contributed by atoms with Crippen LogP contribution in [0.3, 0.4) is 0 Å². The van der Waals surface area contributed by atoms with Crippen molar-refractivity contribution >= 4 is 20.9 Å². The Morgan fingerprint density at radius 1 is 1.15 bits per heavy atom. The number of para-hydroxylation sites is 1. The van der Waals surface area contributed by atoms with Crippen molar-refractivity contribution in [3.63, 3.8) is 0 Å². The Labute approximate surface area is 159 Å². The summed E-state index contributed by atoms with van der Waals surface area (Å²) in [5, 5.41) is 13.8. The van der Waals surface area contributed by atoms with Crippen LogP contribution in [0.5, 0.6) is 0 Å².